The van der Waals surface area contributed by atoms with Gasteiger partial charge in [0, 0.05) is 80.8 Å². The monoisotopic (exact) mass is 1060 g/mol. The number of allylic oxidation sites excluding steroid dienone is 1. The van der Waals surface area contributed by atoms with Gasteiger partial charge in [0.15, 0.2) is 28.8 Å². The third-order valence-electron chi connectivity index (χ3n) is 17.0. The molecule has 4 aromatic carbocycles. The van der Waals surface area contributed by atoms with Crippen LogP contribution in [0.25, 0.3) is 22.0 Å². The van der Waals surface area contributed by atoms with Crippen LogP contribution in [0.2, 0.25) is 0 Å². The average molecular weight is 1070 g/mol. The van der Waals surface area contributed by atoms with E-state index in [0.717, 1.165) is 43.4 Å². The zero-order valence-corrected chi connectivity index (χ0v) is 43.8. The minimum atomic E-state index is -1.11. The second-order valence-corrected chi connectivity index (χ2v) is 21.6. The molecule has 4 aliphatic heterocycles. The van der Waals surface area contributed by atoms with Crippen LogP contribution in [0.15, 0.2) is 66.4 Å². The second-order valence-electron chi connectivity index (χ2n) is 21.6. The molecule has 5 amide bonds. The number of urea groups is 1. The van der Waals surface area contributed by atoms with Gasteiger partial charge in [-0.05, 0) is 117 Å². The number of hydrogen-bond donors (Lipinski definition) is 3. The lowest BCUT2D eigenvalue weighted by atomic mass is 9.76. The molecule has 408 valence electrons. The van der Waals surface area contributed by atoms with E-state index >= 15 is 17.6 Å². The zero-order valence-electron chi connectivity index (χ0n) is 43.8. The molecule has 10 rings (SSSR count). The van der Waals surface area contributed by atoms with E-state index in [1.807, 2.05) is 55.3 Å². The summed E-state index contributed by atoms with van der Waals surface area (Å²) in [6.45, 7) is 8.02. The summed E-state index contributed by atoms with van der Waals surface area (Å²) in [5, 5.41) is 10.3. The first-order chi connectivity index (χ1) is 37.0. The van der Waals surface area contributed by atoms with Crippen molar-refractivity contribution in [1.29, 1.82) is 0 Å². The summed E-state index contributed by atoms with van der Waals surface area (Å²) < 4.78 is 91.5. The van der Waals surface area contributed by atoms with E-state index in [2.05, 4.69) is 20.6 Å². The van der Waals surface area contributed by atoms with Gasteiger partial charge in [-0.1, -0.05) is 49.8 Å². The highest BCUT2D eigenvalue weighted by molar-refractivity contribution is 6.09. The molecular weight excluding hydrogens is 1000 g/mol. The summed E-state index contributed by atoms with van der Waals surface area (Å²) >= 11 is 0. The van der Waals surface area contributed by atoms with Gasteiger partial charge in [-0.2, -0.15) is 5.10 Å². The van der Waals surface area contributed by atoms with Crippen molar-refractivity contribution in [1.82, 2.24) is 30.2 Å². The second kappa shape index (κ2) is 21.8. The molecule has 1 aliphatic carbocycles. The molecule has 5 heterocycles. The van der Waals surface area contributed by atoms with Gasteiger partial charge < -0.3 is 30.3 Å². The number of aryl methyl sites for hydroxylation is 1. The molecule has 4 fully saturated rings. The molecule has 5 aromatic rings. The average Bonchev–Trinajstić information content (AvgIpc) is 4.07. The number of rotatable bonds is 14. The van der Waals surface area contributed by atoms with Crippen molar-refractivity contribution in [2.24, 2.45) is 30.5 Å². The summed E-state index contributed by atoms with van der Waals surface area (Å²) in [7, 11) is 1.56. The van der Waals surface area contributed by atoms with Gasteiger partial charge in [0.25, 0.3) is 0 Å². The number of halogens is 5. The van der Waals surface area contributed by atoms with Crippen LogP contribution in [0.3, 0.4) is 0 Å². The Balaban J connectivity index is 0.743. The van der Waals surface area contributed by atoms with Gasteiger partial charge >= 0.3 is 6.03 Å². The molecule has 1 saturated carbocycles. The highest BCUT2D eigenvalue weighted by atomic mass is 19.1. The number of nitrogens with zero attached hydrogens (tertiary/aromatic N) is 5. The first kappa shape index (κ1) is 53.4. The maximum absolute atomic E-state index is 16.5. The molecule has 3 saturated heterocycles. The van der Waals surface area contributed by atoms with Gasteiger partial charge in [-0.3, -0.25) is 29.3 Å². The molecule has 19 heteroatoms. The lowest BCUT2D eigenvalue weighted by molar-refractivity contribution is -0.137. The number of anilines is 1. The first-order valence-electron chi connectivity index (χ1n) is 26.8. The largest absolute Gasteiger partial charge is 0.488 e. The third kappa shape index (κ3) is 9.99. The lowest BCUT2D eigenvalue weighted by Gasteiger charge is -2.41. The number of alkyl halides is 1. The Hall–Kier alpha value is -7.02. The van der Waals surface area contributed by atoms with Gasteiger partial charge in [0.2, 0.25) is 17.7 Å². The van der Waals surface area contributed by atoms with E-state index in [4.69, 9.17) is 15.2 Å². The van der Waals surface area contributed by atoms with Crippen LogP contribution in [0.5, 0.6) is 11.5 Å². The number of nitrogens with one attached hydrogen (secondary N) is 2. The van der Waals surface area contributed by atoms with E-state index in [9.17, 15) is 23.6 Å². The summed E-state index contributed by atoms with van der Waals surface area (Å²) in [5.74, 6) is -4.77. The Labute approximate surface area is 444 Å². The zero-order chi connectivity index (χ0) is 54.4. The number of imide groups is 1. The smallest absolute Gasteiger partial charge is 0.329 e. The molecular formula is C58H65F5N8O6. The van der Waals surface area contributed by atoms with E-state index < -0.39 is 65.9 Å². The van der Waals surface area contributed by atoms with Crippen LogP contribution < -0.4 is 30.7 Å². The van der Waals surface area contributed by atoms with E-state index in [1.165, 1.54) is 40.8 Å². The van der Waals surface area contributed by atoms with Crippen LogP contribution in [0.1, 0.15) is 110 Å². The normalized spacial score (nSPS) is 23.2. The Bertz CT molecular complexity index is 3150. The van der Waals surface area contributed by atoms with Crippen molar-refractivity contribution in [3.8, 4) is 22.6 Å². The molecule has 4 N–H and O–H groups in total. The predicted octanol–water partition coefficient (Wildman–Crippen LogP) is 9.42. The number of hydrogen-bond acceptors (Lipinski definition) is 9. The number of fused-ring (bicyclic) bond motifs is 2. The Morgan fingerprint density at radius 1 is 0.909 bits per heavy atom. The fourth-order valence-corrected chi connectivity index (χ4v) is 12.9. The van der Waals surface area contributed by atoms with Crippen molar-refractivity contribution < 1.29 is 50.6 Å². The summed E-state index contributed by atoms with van der Waals surface area (Å²) in [6.07, 6.45) is 7.21. The highest BCUT2D eigenvalue weighted by Gasteiger charge is 2.50. The van der Waals surface area contributed by atoms with Crippen LogP contribution in [0, 0.1) is 47.9 Å². The number of likely N-dealkylation sites (tertiary alicyclic amines) is 2. The predicted molar refractivity (Wildman–Crippen MR) is 280 cm³/mol. The number of ether oxygens (including phenoxy) is 2. The number of carbonyl (C=O) groups is 4. The molecule has 0 unspecified atom stereocenters. The van der Waals surface area contributed by atoms with E-state index in [0.29, 0.717) is 56.9 Å². The molecule has 0 spiro atoms. The molecule has 5 aliphatic rings. The molecule has 1 aromatic heterocycles. The van der Waals surface area contributed by atoms with Crippen molar-refractivity contribution >= 4 is 40.5 Å². The topological polar surface area (TPSA) is 164 Å². The van der Waals surface area contributed by atoms with Crippen molar-refractivity contribution in [2.75, 3.05) is 64.0 Å². The number of amides is 5. The molecule has 14 nitrogen and oxygen atoms in total. The van der Waals surface area contributed by atoms with E-state index in [1.54, 1.807) is 7.05 Å². The molecule has 0 bridgehead atoms. The lowest BCUT2D eigenvalue weighted by Crippen LogP contribution is -2.49. The maximum Gasteiger partial charge on any atom is 0.329 e. The third-order valence-corrected chi connectivity index (χ3v) is 17.0. The van der Waals surface area contributed by atoms with Gasteiger partial charge in [-0.25, -0.2) is 26.7 Å². The minimum Gasteiger partial charge on any atom is -0.488 e. The minimum absolute atomic E-state index is 0.0386. The summed E-state index contributed by atoms with van der Waals surface area (Å²) in [5.41, 5.74) is 7.03. The number of piperidine rings is 2. The van der Waals surface area contributed by atoms with Gasteiger partial charge in [0.05, 0.1) is 17.5 Å². The fraction of sp³-hybridized carbons (Fsp3) is 0.466. The van der Waals surface area contributed by atoms with E-state index in [-0.39, 0.29) is 99.2 Å². The number of carbonyl (C=O) groups excluding carboxylic acids is 4. The first-order valence-corrected chi connectivity index (χ1v) is 26.8. The van der Waals surface area contributed by atoms with Crippen molar-refractivity contribution in [3.63, 3.8) is 0 Å². The van der Waals surface area contributed by atoms with Crippen LogP contribution in [-0.2, 0) is 22.2 Å². The van der Waals surface area contributed by atoms with Crippen molar-refractivity contribution in [3.05, 3.63) is 117 Å². The standard InChI is InChI=1S/C58H65F5N8O6/c1-32-29-69(21-18-39(32)49-43(61)26-41-53(52(49)63)68(4)67-55(41)71-24-19-46(72)66-57(71)75)30-36-16-22-70(23-17-36)56(74)37-12-10-35(11-13-37)28-65-31-58(38-8-6-5-7-9-38)34(3)48-45(77-58)27-42(60)33(2)47(48)50-40(54(64)73)14-15-44(51(50)62)76-25-20-59/h5-9,14-15,26-28,32,34,36-37,39,65H,10-13,16-25,29-31H2,1-4H3,(H2,64,73)(H,66,72,75)/t32-,34+,37?,39+,58+/m1/s1. The SMILES string of the molecule is Cc1c(F)cc2c(c1-c1c(C(N)=O)ccc(OCCF)c1F)[C@H](C)[C@@](CNC=C1CCC(C(=O)N3CCC(CN4CC[C@H](c5c(F)cc6c(N7CCC(=O)NC7=O)nn(C)c6c5F)[C@H](C)C4)CC3)CC1)(c1ccccc1)O2. The number of nitrogens with two attached hydrogens (primary N) is 1. The molecule has 0 radical (unpaired) electrons. The van der Waals surface area contributed by atoms with Crippen LogP contribution >= 0.6 is 0 Å². The van der Waals surface area contributed by atoms with Crippen LogP contribution in [-0.4, -0.2) is 102 Å². The van der Waals surface area contributed by atoms with Gasteiger partial charge in [0.1, 0.15) is 36.2 Å². The molecule has 77 heavy (non-hydrogen) atoms. The van der Waals surface area contributed by atoms with Crippen LogP contribution in [0.4, 0.5) is 32.6 Å². The maximum atomic E-state index is 16.5. The van der Waals surface area contributed by atoms with Gasteiger partial charge in [-0.15, -0.1) is 0 Å². The Morgan fingerprint density at radius 3 is 2.34 bits per heavy atom. The Morgan fingerprint density at radius 2 is 1.65 bits per heavy atom. The quantitative estimate of drug-likeness (QED) is 0.0920. The van der Waals surface area contributed by atoms with Crippen molar-refractivity contribution in [2.45, 2.75) is 89.6 Å². The fourth-order valence-electron chi connectivity index (χ4n) is 12.9. The number of benzene rings is 4. The number of aromatic nitrogens is 2. The summed E-state index contributed by atoms with van der Waals surface area (Å²) in [4.78, 5) is 56.7. The Kier molecular flexibility index (Phi) is 15.1. The highest BCUT2D eigenvalue weighted by Crippen LogP contribution is 2.56. The summed E-state index contributed by atoms with van der Waals surface area (Å²) in [6, 6.07) is 13.9. The molecule has 4 atom stereocenters. The number of primary amides is 1.